The number of likely N-dealkylation sites (tertiary alicyclic amines) is 1. The molecule has 2 amide bonds. The number of benzene rings is 3. The van der Waals surface area contributed by atoms with Crippen molar-refractivity contribution in [2.75, 3.05) is 11.9 Å². The van der Waals surface area contributed by atoms with Gasteiger partial charge in [-0.3, -0.25) is 0 Å². The van der Waals surface area contributed by atoms with Crippen molar-refractivity contribution in [1.82, 2.24) is 4.90 Å². The van der Waals surface area contributed by atoms with E-state index in [1.54, 1.807) is 0 Å². The fraction of sp³-hybridized carbons (Fsp3) is 0.227. The third kappa shape index (κ3) is 3.10. The first-order valence-electron chi connectivity index (χ1n) is 8.84. The molecule has 4 rings (SSSR count). The van der Waals surface area contributed by atoms with Gasteiger partial charge in [0.25, 0.3) is 0 Å². The maximum absolute atomic E-state index is 12.9. The van der Waals surface area contributed by atoms with Gasteiger partial charge in [0.05, 0.1) is 6.04 Å². The van der Waals surface area contributed by atoms with E-state index in [0.29, 0.717) is 0 Å². The van der Waals surface area contributed by atoms with E-state index in [1.807, 2.05) is 41.3 Å². The SMILES string of the molecule is Cc1ccccc1C1CCCN1C(=O)Nc1ccc2ccccc2c1. The minimum absolute atomic E-state index is 0.0129. The van der Waals surface area contributed by atoms with Gasteiger partial charge in [0.2, 0.25) is 0 Å². The molecule has 1 atom stereocenters. The number of hydrogen-bond donors (Lipinski definition) is 1. The lowest BCUT2D eigenvalue weighted by atomic mass is 9.99. The summed E-state index contributed by atoms with van der Waals surface area (Å²) in [5.74, 6) is 0. The standard InChI is InChI=1S/C22H22N2O/c1-16-7-2-5-10-20(16)21-11-6-14-24(21)22(25)23-19-13-12-17-8-3-4-9-18(17)15-19/h2-5,7-10,12-13,15,21H,6,11,14H2,1H3,(H,23,25). The minimum atomic E-state index is -0.0129. The van der Waals surface area contributed by atoms with Crippen LogP contribution >= 0.6 is 0 Å². The highest BCUT2D eigenvalue weighted by molar-refractivity contribution is 5.93. The maximum atomic E-state index is 12.9. The second kappa shape index (κ2) is 6.60. The summed E-state index contributed by atoms with van der Waals surface area (Å²) in [4.78, 5) is 14.8. The van der Waals surface area contributed by atoms with Crippen molar-refractivity contribution in [2.24, 2.45) is 0 Å². The summed E-state index contributed by atoms with van der Waals surface area (Å²) in [6.07, 6.45) is 2.07. The fourth-order valence-electron chi connectivity index (χ4n) is 3.76. The Labute approximate surface area is 148 Å². The molecule has 3 aromatic carbocycles. The molecule has 1 aliphatic heterocycles. The van der Waals surface area contributed by atoms with Crippen LogP contribution in [0.5, 0.6) is 0 Å². The predicted octanol–water partition coefficient (Wildman–Crippen LogP) is 5.52. The van der Waals surface area contributed by atoms with Crippen molar-refractivity contribution >= 4 is 22.5 Å². The Morgan fingerprint density at radius 1 is 1.00 bits per heavy atom. The molecule has 0 aliphatic carbocycles. The van der Waals surface area contributed by atoms with Gasteiger partial charge in [-0.1, -0.05) is 54.6 Å². The van der Waals surface area contributed by atoms with Crippen LogP contribution in [0.25, 0.3) is 10.8 Å². The molecular weight excluding hydrogens is 308 g/mol. The molecule has 126 valence electrons. The van der Waals surface area contributed by atoms with E-state index in [4.69, 9.17) is 0 Å². The van der Waals surface area contributed by atoms with Gasteiger partial charge in [-0.25, -0.2) is 4.79 Å². The van der Waals surface area contributed by atoms with Gasteiger partial charge in [0, 0.05) is 12.2 Å². The van der Waals surface area contributed by atoms with E-state index < -0.39 is 0 Å². The van der Waals surface area contributed by atoms with Crippen LogP contribution in [-0.4, -0.2) is 17.5 Å². The number of nitrogens with zero attached hydrogens (tertiary/aromatic N) is 1. The van der Waals surface area contributed by atoms with E-state index in [0.717, 1.165) is 30.5 Å². The quantitative estimate of drug-likeness (QED) is 0.659. The van der Waals surface area contributed by atoms with E-state index in [9.17, 15) is 4.79 Å². The first-order chi connectivity index (χ1) is 12.2. The van der Waals surface area contributed by atoms with Crippen LogP contribution < -0.4 is 5.32 Å². The molecule has 0 bridgehead atoms. The highest BCUT2D eigenvalue weighted by atomic mass is 16.2. The first-order valence-corrected chi connectivity index (χ1v) is 8.84. The molecule has 3 aromatic rings. The summed E-state index contributed by atoms with van der Waals surface area (Å²) in [7, 11) is 0. The van der Waals surface area contributed by atoms with Gasteiger partial charge < -0.3 is 10.2 Å². The highest BCUT2D eigenvalue weighted by Crippen LogP contribution is 2.34. The molecule has 1 fully saturated rings. The molecule has 1 unspecified atom stereocenters. The Morgan fingerprint density at radius 2 is 1.76 bits per heavy atom. The molecule has 1 N–H and O–H groups in total. The zero-order chi connectivity index (χ0) is 17.2. The highest BCUT2D eigenvalue weighted by Gasteiger charge is 2.30. The van der Waals surface area contributed by atoms with Crippen LogP contribution in [-0.2, 0) is 0 Å². The molecule has 1 aliphatic rings. The molecule has 1 heterocycles. The zero-order valence-corrected chi connectivity index (χ0v) is 14.4. The number of fused-ring (bicyclic) bond motifs is 1. The fourth-order valence-corrected chi connectivity index (χ4v) is 3.76. The lowest BCUT2D eigenvalue weighted by molar-refractivity contribution is 0.207. The zero-order valence-electron chi connectivity index (χ0n) is 14.4. The molecule has 3 nitrogen and oxygen atoms in total. The number of rotatable bonds is 2. The average molecular weight is 330 g/mol. The van der Waals surface area contributed by atoms with Crippen molar-refractivity contribution in [1.29, 1.82) is 0 Å². The lowest BCUT2D eigenvalue weighted by Gasteiger charge is -2.26. The summed E-state index contributed by atoms with van der Waals surface area (Å²) in [5, 5.41) is 5.40. The van der Waals surface area contributed by atoms with E-state index >= 15 is 0 Å². The Morgan fingerprint density at radius 3 is 2.60 bits per heavy atom. The summed E-state index contributed by atoms with van der Waals surface area (Å²) in [6, 6.07) is 22.8. The van der Waals surface area contributed by atoms with E-state index in [1.165, 1.54) is 16.5 Å². The smallest absolute Gasteiger partial charge is 0.317 e. The van der Waals surface area contributed by atoms with Crippen LogP contribution in [0.15, 0.2) is 66.7 Å². The van der Waals surface area contributed by atoms with Crippen LogP contribution in [0.2, 0.25) is 0 Å². The second-order valence-electron chi connectivity index (χ2n) is 6.70. The van der Waals surface area contributed by atoms with Gasteiger partial charge in [-0.05, 0) is 53.8 Å². The van der Waals surface area contributed by atoms with Gasteiger partial charge in [-0.15, -0.1) is 0 Å². The molecule has 25 heavy (non-hydrogen) atoms. The van der Waals surface area contributed by atoms with Crippen molar-refractivity contribution in [3.05, 3.63) is 77.9 Å². The van der Waals surface area contributed by atoms with Crippen molar-refractivity contribution < 1.29 is 4.79 Å². The maximum Gasteiger partial charge on any atom is 0.322 e. The van der Waals surface area contributed by atoms with Crippen molar-refractivity contribution in [3.63, 3.8) is 0 Å². The number of hydrogen-bond acceptors (Lipinski definition) is 1. The minimum Gasteiger partial charge on any atom is -0.317 e. The second-order valence-corrected chi connectivity index (χ2v) is 6.70. The first kappa shape index (κ1) is 15.7. The molecule has 0 radical (unpaired) electrons. The van der Waals surface area contributed by atoms with Crippen molar-refractivity contribution in [2.45, 2.75) is 25.8 Å². The van der Waals surface area contributed by atoms with E-state index in [-0.39, 0.29) is 12.1 Å². The predicted molar refractivity (Wildman–Crippen MR) is 103 cm³/mol. The molecule has 0 spiro atoms. The number of nitrogens with one attached hydrogen (secondary N) is 1. The van der Waals surface area contributed by atoms with Gasteiger partial charge in [0.15, 0.2) is 0 Å². The number of amides is 2. The number of aryl methyl sites for hydroxylation is 1. The monoisotopic (exact) mass is 330 g/mol. The number of anilines is 1. The van der Waals surface area contributed by atoms with E-state index in [2.05, 4.69) is 42.6 Å². The number of carbonyl (C=O) groups is 1. The van der Waals surface area contributed by atoms with Crippen LogP contribution in [0.1, 0.15) is 30.0 Å². The molecule has 0 aromatic heterocycles. The Bertz CT molecular complexity index is 919. The van der Waals surface area contributed by atoms with Crippen LogP contribution in [0.3, 0.4) is 0 Å². The third-order valence-corrected chi connectivity index (χ3v) is 5.06. The Kier molecular flexibility index (Phi) is 4.14. The summed E-state index contributed by atoms with van der Waals surface area (Å²) in [5.41, 5.74) is 3.35. The van der Waals surface area contributed by atoms with Crippen LogP contribution in [0.4, 0.5) is 10.5 Å². The van der Waals surface area contributed by atoms with Crippen molar-refractivity contribution in [3.8, 4) is 0 Å². The summed E-state index contributed by atoms with van der Waals surface area (Å²) in [6.45, 7) is 2.92. The average Bonchev–Trinajstić information content (AvgIpc) is 3.11. The number of carbonyl (C=O) groups excluding carboxylic acids is 1. The van der Waals surface area contributed by atoms with Gasteiger partial charge in [0.1, 0.15) is 0 Å². The number of urea groups is 1. The normalized spacial score (nSPS) is 17.0. The van der Waals surface area contributed by atoms with Crippen LogP contribution in [0, 0.1) is 6.92 Å². The Hall–Kier alpha value is -2.81. The molecular formula is C22H22N2O. The molecule has 0 saturated carbocycles. The third-order valence-electron chi connectivity index (χ3n) is 5.06. The Balaban J connectivity index is 1.56. The molecule has 1 saturated heterocycles. The summed E-state index contributed by atoms with van der Waals surface area (Å²) >= 11 is 0. The molecule has 3 heteroatoms. The lowest BCUT2D eigenvalue weighted by Crippen LogP contribution is -2.34. The topological polar surface area (TPSA) is 32.3 Å². The largest absolute Gasteiger partial charge is 0.322 e. The summed E-state index contributed by atoms with van der Waals surface area (Å²) < 4.78 is 0. The van der Waals surface area contributed by atoms with Gasteiger partial charge >= 0.3 is 6.03 Å². The van der Waals surface area contributed by atoms with Gasteiger partial charge in [-0.2, -0.15) is 0 Å².